The monoisotopic (exact) mass is 315 g/mol. The zero-order valence-electron chi connectivity index (χ0n) is 13.6. The van der Waals surface area contributed by atoms with E-state index in [9.17, 15) is 9.59 Å². The van der Waals surface area contributed by atoms with Crippen LogP contribution in [0, 0.1) is 5.92 Å². The first-order chi connectivity index (χ1) is 11.2. The largest absolute Gasteiger partial charge is 0.339 e. The molecule has 1 saturated carbocycles. The zero-order chi connectivity index (χ0) is 16.1. The SMILES string of the molecule is O=C(Cc1ccccn1)N1CCN(C(=O)CC2CCCC2)CC1. The standard InChI is InChI=1S/C18H25N3O2/c22-17(13-15-5-1-2-6-15)20-9-11-21(12-10-20)18(23)14-16-7-3-4-8-19-16/h3-4,7-8,15H,1-2,5-6,9-14H2. The van der Waals surface area contributed by atoms with Gasteiger partial charge in [-0.15, -0.1) is 0 Å². The molecule has 1 aliphatic heterocycles. The van der Waals surface area contributed by atoms with Crippen LogP contribution in [0.4, 0.5) is 0 Å². The number of hydrogen-bond acceptors (Lipinski definition) is 3. The van der Waals surface area contributed by atoms with Gasteiger partial charge >= 0.3 is 0 Å². The summed E-state index contributed by atoms with van der Waals surface area (Å²) < 4.78 is 0. The van der Waals surface area contributed by atoms with Crippen LogP contribution in [0.1, 0.15) is 37.8 Å². The van der Waals surface area contributed by atoms with Gasteiger partial charge in [0.05, 0.1) is 6.42 Å². The maximum absolute atomic E-state index is 12.3. The number of amides is 2. The van der Waals surface area contributed by atoms with Crippen LogP contribution in [0.5, 0.6) is 0 Å². The first kappa shape index (κ1) is 16.0. The molecular formula is C18H25N3O2. The normalized spacial score (nSPS) is 19.1. The van der Waals surface area contributed by atoms with Crippen LogP contribution in [-0.2, 0) is 16.0 Å². The first-order valence-corrected chi connectivity index (χ1v) is 8.68. The van der Waals surface area contributed by atoms with Crippen LogP contribution in [0.2, 0.25) is 0 Å². The number of rotatable bonds is 4. The van der Waals surface area contributed by atoms with E-state index in [1.807, 2.05) is 28.0 Å². The molecule has 124 valence electrons. The summed E-state index contributed by atoms with van der Waals surface area (Å²) in [6.45, 7) is 2.61. The molecular weight excluding hydrogens is 290 g/mol. The fourth-order valence-corrected chi connectivity index (χ4v) is 3.57. The summed E-state index contributed by atoms with van der Waals surface area (Å²) in [7, 11) is 0. The zero-order valence-corrected chi connectivity index (χ0v) is 13.6. The number of carbonyl (C=O) groups is 2. The van der Waals surface area contributed by atoms with Gasteiger partial charge in [-0.05, 0) is 30.9 Å². The molecule has 0 radical (unpaired) electrons. The molecule has 1 saturated heterocycles. The van der Waals surface area contributed by atoms with E-state index in [4.69, 9.17) is 0 Å². The van der Waals surface area contributed by atoms with Crippen molar-refractivity contribution in [1.82, 2.24) is 14.8 Å². The molecule has 1 aromatic rings. The Morgan fingerprint density at radius 2 is 1.65 bits per heavy atom. The molecule has 2 amide bonds. The summed E-state index contributed by atoms with van der Waals surface area (Å²) in [5.41, 5.74) is 0.803. The van der Waals surface area contributed by atoms with Gasteiger partial charge in [0.2, 0.25) is 11.8 Å². The lowest BCUT2D eigenvalue weighted by atomic mass is 10.0. The predicted octanol–water partition coefficient (Wildman–Crippen LogP) is 1.88. The van der Waals surface area contributed by atoms with E-state index >= 15 is 0 Å². The summed E-state index contributed by atoms with van der Waals surface area (Å²) in [6, 6.07) is 5.62. The third-order valence-electron chi connectivity index (χ3n) is 4.98. The van der Waals surface area contributed by atoms with E-state index in [2.05, 4.69) is 4.98 Å². The molecule has 2 aliphatic rings. The Labute approximate surface area is 137 Å². The summed E-state index contributed by atoms with van der Waals surface area (Å²) in [6.07, 6.45) is 7.70. The molecule has 2 heterocycles. The quantitative estimate of drug-likeness (QED) is 0.852. The lowest BCUT2D eigenvalue weighted by Gasteiger charge is -2.35. The number of hydrogen-bond donors (Lipinski definition) is 0. The highest BCUT2D eigenvalue weighted by Crippen LogP contribution is 2.28. The van der Waals surface area contributed by atoms with Gasteiger partial charge in [-0.3, -0.25) is 14.6 Å². The minimum atomic E-state index is 0.103. The van der Waals surface area contributed by atoms with Crippen LogP contribution in [0.3, 0.4) is 0 Å². The second-order valence-corrected chi connectivity index (χ2v) is 6.61. The maximum atomic E-state index is 12.3. The van der Waals surface area contributed by atoms with Crippen molar-refractivity contribution in [3.63, 3.8) is 0 Å². The van der Waals surface area contributed by atoms with E-state index in [1.54, 1.807) is 6.20 Å². The molecule has 23 heavy (non-hydrogen) atoms. The van der Waals surface area contributed by atoms with Gasteiger partial charge in [-0.1, -0.05) is 18.9 Å². The van der Waals surface area contributed by atoms with Crippen molar-refractivity contribution in [3.8, 4) is 0 Å². The summed E-state index contributed by atoms with van der Waals surface area (Å²) in [5.74, 6) is 0.964. The molecule has 0 bridgehead atoms. The van der Waals surface area contributed by atoms with Gasteiger partial charge in [-0.2, -0.15) is 0 Å². The number of pyridine rings is 1. The van der Waals surface area contributed by atoms with Gasteiger partial charge in [-0.25, -0.2) is 0 Å². The molecule has 3 rings (SSSR count). The molecule has 0 aromatic carbocycles. The van der Waals surface area contributed by atoms with Crippen molar-refractivity contribution in [3.05, 3.63) is 30.1 Å². The highest BCUT2D eigenvalue weighted by atomic mass is 16.2. The molecule has 1 aliphatic carbocycles. The van der Waals surface area contributed by atoms with Crippen LogP contribution in [-0.4, -0.2) is 52.8 Å². The first-order valence-electron chi connectivity index (χ1n) is 8.68. The third kappa shape index (κ3) is 4.30. The van der Waals surface area contributed by atoms with Crippen LogP contribution in [0.15, 0.2) is 24.4 Å². The lowest BCUT2D eigenvalue weighted by Crippen LogP contribution is -2.51. The fourth-order valence-electron chi connectivity index (χ4n) is 3.57. The lowest BCUT2D eigenvalue weighted by molar-refractivity contribution is -0.139. The molecule has 1 aromatic heterocycles. The summed E-state index contributed by atoms with van der Waals surface area (Å²) >= 11 is 0. The average Bonchev–Trinajstić information content (AvgIpc) is 3.09. The number of aromatic nitrogens is 1. The molecule has 0 unspecified atom stereocenters. The van der Waals surface area contributed by atoms with Crippen molar-refractivity contribution in [2.24, 2.45) is 5.92 Å². The minimum Gasteiger partial charge on any atom is -0.339 e. The average molecular weight is 315 g/mol. The van der Waals surface area contributed by atoms with Crippen molar-refractivity contribution in [1.29, 1.82) is 0 Å². The highest BCUT2D eigenvalue weighted by molar-refractivity contribution is 5.79. The van der Waals surface area contributed by atoms with Crippen molar-refractivity contribution < 1.29 is 9.59 Å². The van der Waals surface area contributed by atoms with Gasteiger partial charge in [0.15, 0.2) is 0 Å². The number of piperazine rings is 1. The maximum Gasteiger partial charge on any atom is 0.228 e. The number of nitrogens with zero attached hydrogens (tertiary/aromatic N) is 3. The fraction of sp³-hybridized carbons (Fsp3) is 0.611. The van der Waals surface area contributed by atoms with Gasteiger partial charge < -0.3 is 9.80 Å². The van der Waals surface area contributed by atoms with Gasteiger partial charge in [0.1, 0.15) is 0 Å². The Balaban J connectivity index is 1.44. The van der Waals surface area contributed by atoms with E-state index < -0.39 is 0 Å². The van der Waals surface area contributed by atoms with Crippen LogP contribution < -0.4 is 0 Å². The Bertz CT molecular complexity index is 532. The topological polar surface area (TPSA) is 53.5 Å². The Kier molecular flexibility index (Phi) is 5.26. The van der Waals surface area contributed by atoms with E-state index in [1.165, 1.54) is 25.7 Å². The molecule has 5 nitrogen and oxygen atoms in total. The predicted molar refractivity (Wildman–Crippen MR) is 87.7 cm³/mol. The third-order valence-corrected chi connectivity index (χ3v) is 4.98. The van der Waals surface area contributed by atoms with Crippen LogP contribution in [0.25, 0.3) is 0 Å². The van der Waals surface area contributed by atoms with Crippen molar-refractivity contribution in [2.75, 3.05) is 26.2 Å². The minimum absolute atomic E-state index is 0.103. The second kappa shape index (κ2) is 7.57. The molecule has 2 fully saturated rings. The van der Waals surface area contributed by atoms with Gasteiger partial charge in [0, 0.05) is 44.5 Å². The smallest absolute Gasteiger partial charge is 0.228 e. The Morgan fingerprint density at radius 1 is 1.00 bits per heavy atom. The molecule has 5 heteroatoms. The second-order valence-electron chi connectivity index (χ2n) is 6.61. The molecule has 0 N–H and O–H groups in total. The Hall–Kier alpha value is -1.91. The van der Waals surface area contributed by atoms with E-state index in [-0.39, 0.29) is 11.8 Å². The van der Waals surface area contributed by atoms with Crippen molar-refractivity contribution >= 4 is 11.8 Å². The van der Waals surface area contributed by atoms with E-state index in [0.29, 0.717) is 44.9 Å². The van der Waals surface area contributed by atoms with Gasteiger partial charge in [0.25, 0.3) is 0 Å². The van der Waals surface area contributed by atoms with Crippen LogP contribution >= 0.6 is 0 Å². The van der Waals surface area contributed by atoms with E-state index in [0.717, 1.165) is 5.69 Å². The summed E-state index contributed by atoms with van der Waals surface area (Å²) in [5, 5.41) is 0. The molecule has 0 spiro atoms. The Morgan fingerprint density at radius 3 is 2.26 bits per heavy atom. The number of carbonyl (C=O) groups excluding carboxylic acids is 2. The van der Waals surface area contributed by atoms with Crippen molar-refractivity contribution in [2.45, 2.75) is 38.5 Å². The molecule has 0 atom stereocenters. The summed E-state index contributed by atoms with van der Waals surface area (Å²) in [4.78, 5) is 32.6. The highest BCUT2D eigenvalue weighted by Gasteiger charge is 2.26.